The van der Waals surface area contributed by atoms with Crippen molar-refractivity contribution in [3.63, 3.8) is 0 Å². The van der Waals surface area contributed by atoms with Gasteiger partial charge in [-0.1, -0.05) is 0 Å². The molecule has 0 bridgehead atoms. The lowest BCUT2D eigenvalue weighted by Gasteiger charge is -2.08. The maximum atomic E-state index is 13.2. The summed E-state index contributed by atoms with van der Waals surface area (Å²) in [7, 11) is 2.08. The van der Waals surface area contributed by atoms with Crippen LogP contribution < -0.4 is 4.74 Å². The second kappa shape index (κ2) is 4.82. The lowest BCUT2D eigenvalue weighted by atomic mass is 10.2. The quantitative estimate of drug-likeness (QED) is 0.593. The standard InChI is InChI=1S/C9H8F3NO3/c1-15-8-4(6(10)11)3-5(7(12)13-8)9(14)16-2/h3,6H,1-2H3. The molecule has 0 unspecified atom stereocenters. The first-order chi connectivity index (χ1) is 7.51. The number of hydrogen-bond donors (Lipinski definition) is 0. The molecule has 0 aromatic carbocycles. The fourth-order valence-corrected chi connectivity index (χ4v) is 1.06. The van der Waals surface area contributed by atoms with E-state index >= 15 is 0 Å². The van der Waals surface area contributed by atoms with Gasteiger partial charge in [0.25, 0.3) is 6.43 Å². The molecule has 7 heteroatoms. The van der Waals surface area contributed by atoms with Crippen molar-refractivity contribution in [2.45, 2.75) is 6.43 Å². The van der Waals surface area contributed by atoms with E-state index in [4.69, 9.17) is 0 Å². The smallest absolute Gasteiger partial charge is 0.342 e. The van der Waals surface area contributed by atoms with Gasteiger partial charge in [0.05, 0.1) is 19.8 Å². The summed E-state index contributed by atoms with van der Waals surface area (Å²) in [4.78, 5) is 14.1. The van der Waals surface area contributed by atoms with Crippen molar-refractivity contribution >= 4 is 5.97 Å². The van der Waals surface area contributed by atoms with Gasteiger partial charge in [-0.2, -0.15) is 9.37 Å². The van der Waals surface area contributed by atoms with Gasteiger partial charge in [-0.3, -0.25) is 0 Å². The van der Waals surface area contributed by atoms with Crippen LogP contribution >= 0.6 is 0 Å². The minimum Gasteiger partial charge on any atom is -0.481 e. The van der Waals surface area contributed by atoms with E-state index in [0.29, 0.717) is 6.07 Å². The van der Waals surface area contributed by atoms with Crippen LogP contribution in [-0.2, 0) is 4.74 Å². The Morgan fingerprint density at radius 1 is 1.44 bits per heavy atom. The molecule has 16 heavy (non-hydrogen) atoms. The Kier molecular flexibility index (Phi) is 3.70. The topological polar surface area (TPSA) is 48.4 Å². The molecule has 1 heterocycles. The number of esters is 1. The third-order valence-electron chi connectivity index (χ3n) is 1.80. The van der Waals surface area contributed by atoms with Gasteiger partial charge in [-0.25, -0.2) is 13.6 Å². The third kappa shape index (κ3) is 2.23. The number of carbonyl (C=O) groups is 1. The molecule has 0 aliphatic carbocycles. The molecule has 0 aliphatic rings. The van der Waals surface area contributed by atoms with Crippen LogP contribution in [0.5, 0.6) is 5.88 Å². The van der Waals surface area contributed by atoms with Crippen LogP contribution in [0.4, 0.5) is 13.2 Å². The Hall–Kier alpha value is -1.79. The second-order valence-electron chi connectivity index (χ2n) is 2.72. The second-order valence-corrected chi connectivity index (χ2v) is 2.72. The number of alkyl halides is 2. The number of halogens is 3. The molecular formula is C9H8F3NO3. The van der Waals surface area contributed by atoms with Crippen LogP contribution in [0.1, 0.15) is 22.3 Å². The summed E-state index contributed by atoms with van der Waals surface area (Å²) < 4.78 is 46.9. The van der Waals surface area contributed by atoms with Crippen molar-refractivity contribution in [1.82, 2.24) is 4.98 Å². The molecule has 0 aliphatic heterocycles. The Bertz CT molecular complexity index is 409. The molecule has 1 rings (SSSR count). The number of nitrogens with zero attached hydrogens (tertiary/aromatic N) is 1. The van der Waals surface area contributed by atoms with Crippen molar-refractivity contribution in [1.29, 1.82) is 0 Å². The minimum atomic E-state index is -2.92. The summed E-state index contributed by atoms with van der Waals surface area (Å²) in [6.45, 7) is 0. The van der Waals surface area contributed by atoms with Gasteiger partial charge in [0.2, 0.25) is 11.8 Å². The van der Waals surface area contributed by atoms with E-state index in [0.717, 1.165) is 14.2 Å². The fraction of sp³-hybridized carbons (Fsp3) is 0.333. The van der Waals surface area contributed by atoms with E-state index in [1.165, 1.54) is 0 Å². The van der Waals surface area contributed by atoms with Crippen molar-refractivity contribution in [3.8, 4) is 5.88 Å². The maximum absolute atomic E-state index is 13.2. The maximum Gasteiger partial charge on any atom is 0.342 e. The fourth-order valence-electron chi connectivity index (χ4n) is 1.06. The summed E-state index contributed by atoms with van der Waals surface area (Å²) in [5.74, 6) is -2.84. The first-order valence-corrected chi connectivity index (χ1v) is 4.12. The monoisotopic (exact) mass is 235 g/mol. The summed E-state index contributed by atoms with van der Waals surface area (Å²) in [6, 6.07) is 0.664. The van der Waals surface area contributed by atoms with Crippen LogP contribution in [0.3, 0.4) is 0 Å². The number of rotatable bonds is 3. The average molecular weight is 235 g/mol. The molecule has 0 fully saturated rings. The highest BCUT2D eigenvalue weighted by Crippen LogP contribution is 2.28. The largest absolute Gasteiger partial charge is 0.481 e. The van der Waals surface area contributed by atoms with Gasteiger partial charge in [-0.05, 0) is 6.07 Å². The van der Waals surface area contributed by atoms with Crippen LogP contribution in [0.2, 0.25) is 0 Å². The number of methoxy groups -OCH3 is 2. The molecule has 4 nitrogen and oxygen atoms in total. The highest BCUT2D eigenvalue weighted by atomic mass is 19.3. The molecule has 1 aromatic heterocycles. The highest BCUT2D eigenvalue weighted by molar-refractivity contribution is 5.89. The van der Waals surface area contributed by atoms with Crippen molar-refractivity contribution in [3.05, 3.63) is 23.1 Å². The Morgan fingerprint density at radius 3 is 2.50 bits per heavy atom. The normalized spacial score (nSPS) is 10.4. The van der Waals surface area contributed by atoms with E-state index in [-0.39, 0.29) is 0 Å². The highest BCUT2D eigenvalue weighted by Gasteiger charge is 2.23. The Balaban J connectivity index is 3.33. The zero-order valence-corrected chi connectivity index (χ0v) is 8.46. The van der Waals surface area contributed by atoms with Gasteiger partial charge in [-0.15, -0.1) is 0 Å². The molecular weight excluding hydrogens is 227 g/mol. The number of ether oxygens (including phenoxy) is 2. The molecule has 0 radical (unpaired) electrons. The Morgan fingerprint density at radius 2 is 2.06 bits per heavy atom. The van der Waals surface area contributed by atoms with E-state index < -0.39 is 35.3 Å². The zero-order chi connectivity index (χ0) is 12.3. The molecule has 0 spiro atoms. The third-order valence-corrected chi connectivity index (χ3v) is 1.80. The van der Waals surface area contributed by atoms with Crippen LogP contribution in [0.15, 0.2) is 6.07 Å². The van der Waals surface area contributed by atoms with Crippen LogP contribution in [0.25, 0.3) is 0 Å². The lowest BCUT2D eigenvalue weighted by molar-refractivity contribution is 0.0593. The number of pyridine rings is 1. The summed E-state index contributed by atoms with van der Waals surface area (Å²) in [5, 5.41) is 0. The number of hydrogen-bond acceptors (Lipinski definition) is 4. The van der Waals surface area contributed by atoms with Gasteiger partial charge >= 0.3 is 5.97 Å². The molecule has 0 atom stereocenters. The SMILES string of the molecule is COC(=O)c1cc(C(F)F)c(OC)nc1F. The Labute approximate surface area is 89.0 Å². The van der Waals surface area contributed by atoms with Crippen molar-refractivity contribution in [2.24, 2.45) is 0 Å². The van der Waals surface area contributed by atoms with Crippen molar-refractivity contribution < 1.29 is 27.4 Å². The first kappa shape index (κ1) is 12.3. The average Bonchev–Trinajstić information content (AvgIpc) is 2.27. The molecule has 0 saturated carbocycles. The lowest BCUT2D eigenvalue weighted by Crippen LogP contribution is -2.09. The minimum absolute atomic E-state index is 0.555. The summed E-state index contributed by atoms with van der Waals surface area (Å²) in [6.07, 6.45) is -2.92. The molecule has 1 aromatic rings. The molecule has 0 saturated heterocycles. The number of aromatic nitrogens is 1. The van der Waals surface area contributed by atoms with E-state index in [9.17, 15) is 18.0 Å². The predicted octanol–water partition coefficient (Wildman–Crippen LogP) is 1.95. The first-order valence-electron chi connectivity index (χ1n) is 4.12. The van der Waals surface area contributed by atoms with Gasteiger partial charge in [0.1, 0.15) is 5.56 Å². The molecule has 88 valence electrons. The van der Waals surface area contributed by atoms with Crippen LogP contribution in [-0.4, -0.2) is 25.2 Å². The number of carbonyl (C=O) groups excluding carboxylic acids is 1. The molecule has 0 amide bonds. The predicted molar refractivity (Wildman–Crippen MR) is 47.0 cm³/mol. The summed E-state index contributed by atoms with van der Waals surface area (Å²) >= 11 is 0. The zero-order valence-electron chi connectivity index (χ0n) is 8.46. The van der Waals surface area contributed by atoms with E-state index in [2.05, 4.69) is 14.5 Å². The summed E-state index contributed by atoms with van der Waals surface area (Å²) in [5.41, 5.74) is -1.32. The molecule has 0 N–H and O–H groups in total. The van der Waals surface area contributed by atoms with Gasteiger partial charge in [0, 0.05) is 0 Å². The van der Waals surface area contributed by atoms with Crippen molar-refractivity contribution in [2.75, 3.05) is 14.2 Å². The van der Waals surface area contributed by atoms with Gasteiger partial charge < -0.3 is 9.47 Å². The van der Waals surface area contributed by atoms with E-state index in [1.807, 2.05) is 0 Å². The van der Waals surface area contributed by atoms with E-state index in [1.54, 1.807) is 0 Å². The van der Waals surface area contributed by atoms with Crippen LogP contribution in [0, 0.1) is 5.95 Å². The van der Waals surface area contributed by atoms with Gasteiger partial charge in [0.15, 0.2) is 0 Å².